The first-order valence-corrected chi connectivity index (χ1v) is 8.17. The highest BCUT2D eigenvalue weighted by atomic mass is 79.9. The molecule has 0 aliphatic carbocycles. The Morgan fingerprint density at radius 3 is 2.70 bits per heavy atom. The van der Waals surface area contributed by atoms with Crippen LogP contribution in [0.4, 0.5) is 5.69 Å². The van der Waals surface area contributed by atoms with Gasteiger partial charge in [-0.15, -0.1) is 0 Å². The Hall–Kier alpha value is -1.44. The number of benzene rings is 1. The van der Waals surface area contributed by atoms with Crippen molar-refractivity contribution in [2.45, 2.75) is 18.4 Å². The second-order valence-corrected chi connectivity index (χ2v) is 6.84. The predicted molar refractivity (Wildman–Crippen MR) is 81.8 cm³/mol. The lowest BCUT2D eigenvalue weighted by Gasteiger charge is -2.10. The molecule has 2 aromatic rings. The number of nitrogens with one attached hydrogen (secondary N) is 1. The molecule has 0 unspecified atom stereocenters. The number of primary sulfonamides is 1. The third kappa shape index (κ3) is 3.78. The van der Waals surface area contributed by atoms with Crippen molar-refractivity contribution >= 4 is 31.6 Å². The fourth-order valence-corrected chi connectivity index (χ4v) is 2.99. The van der Waals surface area contributed by atoms with E-state index in [-0.39, 0.29) is 4.90 Å². The molecule has 0 amide bonds. The fourth-order valence-electron chi connectivity index (χ4n) is 1.77. The van der Waals surface area contributed by atoms with E-state index in [9.17, 15) is 8.42 Å². The molecule has 0 aliphatic heterocycles. The molecule has 0 bridgehead atoms. The van der Waals surface area contributed by atoms with Crippen molar-refractivity contribution in [3.8, 4) is 0 Å². The number of rotatable bonds is 4. The summed E-state index contributed by atoms with van der Waals surface area (Å²) in [5.74, 6) is 0. The van der Waals surface area contributed by atoms with Gasteiger partial charge in [-0.2, -0.15) is 0 Å². The van der Waals surface area contributed by atoms with E-state index >= 15 is 0 Å². The number of anilines is 1. The topological polar surface area (TPSA) is 85.1 Å². The molecule has 0 fully saturated rings. The summed E-state index contributed by atoms with van der Waals surface area (Å²) in [6, 6.07) is 7.02. The molecule has 0 aliphatic rings. The second-order valence-electron chi connectivity index (χ2n) is 4.39. The molecule has 1 aromatic heterocycles. The molecule has 0 spiro atoms. The molecule has 1 aromatic carbocycles. The summed E-state index contributed by atoms with van der Waals surface area (Å²) in [4.78, 5) is 4.20. The van der Waals surface area contributed by atoms with Crippen LogP contribution < -0.4 is 10.5 Å². The Labute approximate surface area is 126 Å². The number of hydrogen-bond acceptors (Lipinski definition) is 4. The summed E-state index contributed by atoms with van der Waals surface area (Å²) in [6.07, 6.45) is 3.45. The molecule has 0 atom stereocenters. The normalized spacial score (nSPS) is 11.3. The van der Waals surface area contributed by atoms with Gasteiger partial charge in [-0.25, -0.2) is 13.6 Å². The van der Waals surface area contributed by atoms with Crippen LogP contribution in [0.1, 0.15) is 11.1 Å². The monoisotopic (exact) mass is 355 g/mol. The smallest absolute Gasteiger partial charge is 0.238 e. The Kier molecular flexibility index (Phi) is 4.42. The van der Waals surface area contributed by atoms with Crippen LogP contribution in [0.15, 0.2) is 46.0 Å². The van der Waals surface area contributed by atoms with Crippen LogP contribution in [0.25, 0.3) is 0 Å². The molecule has 5 nitrogen and oxygen atoms in total. The minimum absolute atomic E-state index is 0.134. The van der Waals surface area contributed by atoms with Crippen LogP contribution in [-0.4, -0.2) is 13.4 Å². The summed E-state index contributed by atoms with van der Waals surface area (Å²) in [5.41, 5.74) is 2.30. The van der Waals surface area contributed by atoms with Crippen molar-refractivity contribution in [2.75, 3.05) is 5.32 Å². The number of nitrogens with two attached hydrogens (primary N) is 1. The second kappa shape index (κ2) is 5.90. The number of aryl methyl sites for hydroxylation is 1. The molecule has 0 radical (unpaired) electrons. The molecule has 20 heavy (non-hydrogen) atoms. The minimum Gasteiger partial charge on any atom is -0.381 e. The van der Waals surface area contributed by atoms with Crippen LogP contribution >= 0.6 is 15.9 Å². The number of sulfonamides is 1. The Balaban J connectivity index is 2.19. The molecule has 0 saturated heterocycles. The third-order valence-corrected chi connectivity index (χ3v) is 4.24. The van der Waals surface area contributed by atoms with E-state index < -0.39 is 10.0 Å². The van der Waals surface area contributed by atoms with Crippen molar-refractivity contribution in [1.29, 1.82) is 0 Å². The third-order valence-electron chi connectivity index (χ3n) is 2.75. The first-order valence-electron chi connectivity index (χ1n) is 5.83. The molecule has 1 heterocycles. The first-order chi connectivity index (χ1) is 9.36. The van der Waals surface area contributed by atoms with E-state index in [1.807, 2.05) is 12.1 Å². The van der Waals surface area contributed by atoms with Crippen molar-refractivity contribution in [1.82, 2.24) is 4.98 Å². The largest absolute Gasteiger partial charge is 0.381 e. The van der Waals surface area contributed by atoms with Crippen molar-refractivity contribution < 1.29 is 8.42 Å². The zero-order chi connectivity index (χ0) is 14.8. The average molecular weight is 356 g/mol. The quantitative estimate of drug-likeness (QED) is 0.881. The maximum absolute atomic E-state index is 11.5. The van der Waals surface area contributed by atoms with Crippen LogP contribution in [-0.2, 0) is 16.6 Å². The fraction of sp³-hybridized carbons (Fsp3) is 0.154. The van der Waals surface area contributed by atoms with Gasteiger partial charge in [0.2, 0.25) is 10.0 Å². The molecular formula is C13H14BrN3O2S. The Morgan fingerprint density at radius 1 is 1.30 bits per heavy atom. The van der Waals surface area contributed by atoms with Gasteiger partial charge < -0.3 is 5.32 Å². The molecular weight excluding hydrogens is 342 g/mol. The Bertz CT molecular complexity index is 732. The number of halogens is 1. The van der Waals surface area contributed by atoms with Crippen molar-refractivity contribution in [3.63, 3.8) is 0 Å². The molecule has 106 valence electrons. The van der Waals surface area contributed by atoms with Gasteiger partial charge in [-0.05, 0) is 52.2 Å². The number of nitrogens with zero attached hydrogens (tertiary/aromatic N) is 1. The summed E-state index contributed by atoms with van der Waals surface area (Å²) >= 11 is 3.35. The van der Waals surface area contributed by atoms with Gasteiger partial charge in [-0.1, -0.05) is 6.07 Å². The van der Waals surface area contributed by atoms with Gasteiger partial charge in [-0.3, -0.25) is 4.98 Å². The number of pyridine rings is 1. The number of hydrogen-bond donors (Lipinski definition) is 2. The lowest BCUT2D eigenvalue weighted by Crippen LogP contribution is -2.14. The lowest BCUT2D eigenvalue weighted by molar-refractivity contribution is 0.597. The Morgan fingerprint density at radius 2 is 2.05 bits per heavy atom. The van der Waals surface area contributed by atoms with Crippen LogP contribution in [0.2, 0.25) is 0 Å². The lowest BCUT2D eigenvalue weighted by atomic mass is 10.2. The van der Waals surface area contributed by atoms with E-state index in [4.69, 9.17) is 5.14 Å². The predicted octanol–water partition coefficient (Wildman–Crippen LogP) is 2.41. The summed E-state index contributed by atoms with van der Waals surface area (Å²) in [5, 5.41) is 8.33. The summed E-state index contributed by atoms with van der Waals surface area (Å²) in [6.45, 7) is 2.25. The van der Waals surface area contributed by atoms with E-state index in [1.165, 1.54) is 6.07 Å². The van der Waals surface area contributed by atoms with Crippen LogP contribution in [0.5, 0.6) is 0 Å². The maximum atomic E-state index is 11.5. The highest BCUT2D eigenvalue weighted by molar-refractivity contribution is 9.10. The van der Waals surface area contributed by atoms with E-state index in [2.05, 4.69) is 26.2 Å². The first kappa shape index (κ1) is 15.0. The maximum Gasteiger partial charge on any atom is 0.238 e. The van der Waals surface area contributed by atoms with Crippen LogP contribution in [0, 0.1) is 6.92 Å². The zero-order valence-electron chi connectivity index (χ0n) is 10.8. The summed E-state index contributed by atoms with van der Waals surface area (Å²) in [7, 11) is -3.71. The average Bonchev–Trinajstić information content (AvgIpc) is 2.36. The van der Waals surface area contributed by atoms with Crippen LogP contribution in [0.3, 0.4) is 0 Å². The molecule has 2 rings (SSSR count). The summed E-state index contributed by atoms with van der Waals surface area (Å²) < 4.78 is 23.8. The van der Waals surface area contributed by atoms with Gasteiger partial charge in [0.15, 0.2) is 0 Å². The standard InChI is InChI=1S/C13H14BrN3O2S/c1-9-2-3-12(5-13(9)20(15,18)19)17-7-10-4-11(14)8-16-6-10/h2-6,8,17H,7H2,1H3,(H2,15,18,19). The molecule has 7 heteroatoms. The molecule has 3 N–H and O–H groups in total. The van der Waals surface area contributed by atoms with E-state index in [1.54, 1.807) is 25.4 Å². The van der Waals surface area contributed by atoms with Gasteiger partial charge >= 0.3 is 0 Å². The van der Waals surface area contributed by atoms with Crippen molar-refractivity contribution in [3.05, 3.63) is 52.3 Å². The number of aromatic nitrogens is 1. The van der Waals surface area contributed by atoms with Gasteiger partial charge in [0, 0.05) is 29.1 Å². The van der Waals surface area contributed by atoms with Gasteiger partial charge in [0.05, 0.1) is 4.90 Å². The highest BCUT2D eigenvalue weighted by Crippen LogP contribution is 2.20. The van der Waals surface area contributed by atoms with E-state index in [0.29, 0.717) is 17.8 Å². The molecule has 0 saturated carbocycles. The minimum atomic E-state index is -3.71. The van der Waals surface area contributed by atoms with Gasteiger partial charge in [0.25, 0.3) is 0 Å². The SMILES string of the molecule is Cc1ccc(NCc2cncc(Br)c2)cc1S(N)(=O)=O. The van der Waals surface area contributed by atoms with Crippen molar-refractivity contribution in [2.24, 2.45) is 5.14 Å². The van der Waals surface area contributed by atoms with E-state index in [0.717, 1.165) is 10.0 Å². The zero-order valence-corrected chi connectivity index (χ0v) is 13.2. The van der Waals surface area contributed by atoms with Gasteiger partial charge in [0.1, 0.15) is 0 Å². The highest BCUT2D eigenvalue weighted by Gasteiger charge is 2.11.